The van der Waals surface area contributed by atoms with Crippen molar-refractivity contribution in [2.45, 2.75) is 31.7 Å². The number of nitrogens with two attached hydrogens (primary N) is 1. The highest BCUT2D eigenvalue weighted by molar-refractivity contribution is 6.07. The summed E-state index contributed by atoms with van der Waals surface area (Å²) in [6.07, 6.45) is 1.77. The number of fused-ring (bicyclic) bond motifs is 1. The molecule has 190 valence electrons. The molecule has 0 atom stereocenters. The SMILES string of the molecule is Cc1ccc(C(=O)NC2(c3nn[nH]n3)CC2)cc1-c1ccc2oc(Cc3ccc(F)cc3)c(C(N)=O)c2c1. The van der Waals surface area contributed by atoms with E-state index in [4.69, 9.17) is 10.2 Å². The first-order valence-corrected chi connectivity index (χ1v) is 12.1. The Hall–Kier alpha value is -4.86. The van der Waals surface area contributed by atoms with E-state index in [0.29, 0.717) is 34.5 Å². The van der Waals surface area contributed by atoms with Crippen LogP contribution in [-0.2, 0) is 12.0 Å². The van der Waals surface area contributed by atoms with Gasteiger partial charge in [-0.25, -0.2) is 4.39 Å². The number of halogens is 1. The van der Waals surface area contributed by atoms with E-state index in [9.17, 15) is 14.0 Å². The van der Waals surface area contributed by atoms with Gasteiger partial charge in [0.25, 0.3) is 11.8 Å². The van der Waals surface area contributed by atoms with Crippen molar-refractivity contribution in [3.05, 3.63) is 100 Å². The molecular weight excluding hydrogens is 487 g/mol. The van der Waals surface area contributed by atoms with Crippen LogP contribution in [0.1, 0.15) is 56.3 Å². The first-order valence-electron chi connectivity index (χ1n) is 12.1. The van der Waals surface area contributed by atoms with Crippen molar-refractivity contribution in [3.8, 4) is 11.1 Å². The van der Waals surface area contributed by atoms with Gasteiger partial charge in [-0.15, -0.1) is 10.2 Å². The van der Waals surface area contributed by atoms with Crippen molar-refractivity contribution >= 4 is 22.8 Å². The number of amides is 2. The maximum Gasteiger partial charge on any atom is 0.252 e. The lowest BCUT2D eigenvalue weighted by molar-refractivity contribution is 0.0927. The highest BCUT2D eigenvalue weighted by Crippen LogP contribution is 2.43. The number of furan rings is 1. The third-order valence-electron chi connectivity index (χ3n) is 6.97. The number of primary amides is 1. The molecule has 0 spiro atoms. The highest BCUT2D eigenvalue weighted by atomic mass is 19.1. The molecule has 1 fully saturated rings. The summed E-state index contributed by atoms with van der Waals surface area (Å²) in [4.78, 5) is 25.6. The molecule has 2 amide bonds. The van der Waals surface area contributed by atoms with E-state index < -0.39 is 11.4 Å². The van der Waals surface area contributed by atoms with E-state index in [1.54, 1.807) is 24.3 Å². The fourth-order valence-electron chi connectivity index (χ4n) is 4.76. The van der Waals surface area contributed by atoms with Gasteiger partial charge >= 0.3 is 0 Å². The summed E-state index contributed by atoms with van der Waals surface area (Å²) in [6.45, 7) is 1.95. The number of aromatic nitrogens is 4. The molecule has 1 aliphatic carbocycles. The molecule has 0 radical (unpaired) electrons. The largest absolute Gasteiger partial charge is 0.460 e. The number of tetrazole rings is 1. The Balaban J connectivity index is 1.34. The predicted octanol–water partition coefficient (Wildman–Crippen LogP) is 4.17. The third kappa shape index (κ3) is 4.19. The van der Waals surface area contributed by atoms with Gasteiger partial charge in [-0.1, -0.05) is 29.5 Å². The van der Waals surface area contributed by atoms with Crippen LogP contribution < -0.4 is 11.1 Å². The Bertz CT molecular complexity index is 1690. The molecule has 10 heteroatoms. The molecule has 5 aromatic rings. The first kappa shape index (κ1) is 23.5. The fraction of sp³-hybridized carbons (Fsp3) is 0.179. The van der Waals surface area contributed by atoms with Gasteiger partial charge in [-0.2, -0.15) is 5.21 Å². The van der Waals surface area contributed by atoms with E-state index in [0.717, 1.165) is 35.1 Å². The number of aryl methyl sites for hydroxylation is 1. The van der Waals surface area contributed by atoms with Gasteiger partial charge in [-0.05, 0) is 78.4 Å². The number of carbonyl (C=O) groups excluding carboxylic acids is 2. The van der Waals surface area contributed by atoms with E-state index in [-0.39, 0.29) is 17.3 Å². The molecule has 0 unspecified atom stereocenters. The molecule has 1 saturated carbocycles. The maximum atomic E-state index is 13.3. The summed E-state index contributed by atoms with van der Waals surface area (Å²) in [5.74, 6) is -0.306. The molecule has 38 heavy (non-hydrogen) atoms. The summed E-state index contributed by atoms with van der Waals surface area (Å²) in [5, 5.41) is 17.7. The molecule has 0 aliphatic heterocycles. The Labute approximate surface area is 216 Å². The van der Waals surface area contributed by atoms with E-state index in [1.807, 2.05) is 31.2 Å². The number of hydrogen-bond acceptors (Lipinski definition) is 6. The van der Waals surface area contributed by atoms with Crippen LogP contribution >= 0.6 is 0 Å². The summed E-state index contributed by atoms with van der Waals surface area (Å²) in [6, 6.07) is 17.0. The van der Waals surface area contributed by atoms with Gasteiger partial charge in [0.1, 0.15) is 22.7 Å². The lowest BCUT2D eigenvalue weighted by Crippen LogP contribution is -2.35. The van der Waals surface area contributed by atoms with Crippen molar-refractivity contribution in [1.29, 1.82) is 0 Å². The van der Waals surface area contributed by atoms with Gasteiger partial charge in [0, 0.05) is 17.4 Å². The zero-order valence-electron chi connectivity index (χ0n) is 20.4. The molecule has 2 aromatic heterocycles. The van der Waals surface area contributed by atoms with Gasteiger partial charge in [0.2, 0.25) is 0 Å². The highest BCUT2D eigenvalue weighted by Gasteiger charge is 2.49. The number of aromatic amines is 1. The Morgan fingerprint density at radius 3 is 2.58 bits per heavy atom. The number of nitrogens with one attached hydrogen (secondary N) is 2. The zero-order valence-corrected chi connectivity index (χ0v) is 20.4. The molecule has 1 aliphatic rings. The molecule has 6 rings (SSSR count). The Morgan fingerprint density at radius 1 is 1.11 bits per heavy atom. The molecule has 0 saturated heterocycles. The summed E-state index contributed by atoms with van der Waals surface area (Å²) < 4.78 is 19.3. The van der Waals surface area contributed by atoms with Gasteiger partial charge in [-0.3, -0.25) is 9.59 Å². The lowest BCUT2D eigenvalue weighted by atomic mass is 9.95. The minimum Gasteiger partial charge on any atom is -0.460 e. The smallest absolute Gasteiger partial charge is 0.252 e. The number of carbonyl (C=O) groups is 2. The molecular formula is C28H23FN6O3. The second-order valence-electron chi connectivity index (χ2n) is 9.58. The van der Waals surface area contributed by atoms with Crippen LogP contribution in [0.5, 0.6) is 0 Å². The fourth-order valence-corrected chi connectivity index (χ4v) is 4.76. The third-order valence-corrected chi connectivity index (χ3v) is 6.97. The van der Waals surface area contributed by atoms with Crippen LogP contribution in [0.4, 0.5) is 4.39 Å². The number of hydrogen-bond donors (Lipinski definition) is 3. The number of rotatable bonds is 7. The average Bonchev–Trinajstić information content (AvgIpc) is 3.30. The molecule has 3 aromatic carbocycles. The minimum atomic E-state index is -0.612. The topological polar surface area (TPSA) is 140 Å². The standard InChI is InChI=1S/C28H23FN6O3/c1-15-2-5-18(26(37)31-28(10-11-28)27-32-34-35-33-27)14-20(15)17-6-9-22-21(13-17)24(25(30)36)23(38-22)12-16-3-7-19(29)8-4-16/h2-9,13-14H,10-12H2,1H3,(H2,30,36)(H,31,37)(H,32,33,34,35). The van der Waals surface area contributed by atoms with E-state index in [2.05, 4.69) is 25.9 Å². The molecule has 0 bridgehead atoms. The minimum absolute atomic E-state index is 0.239. The van der Waals surface area contributed by atoms with Crippen molar-refractivity contribution in [2.75, 3.05) is 0 Å². The van der Waals surface area contributed by atoms with Crippen molar-refractivity contribution in [2.24, 2.45) is 5.73 Å². The van der Waals surface area contributed by atoms with Crippen molar-refractivity contribution in [1.82, 2.24) is 25.9 Å². The predicted molar refractivity (Wildman–Crippen MR) is 137 cm³/mol. The number of benzene rings is 3. The maximum absolute atomic E-state index is 13.3. The van der Waals surface area contributed by atoms with Crippen LogP contribution in [0, 0.1) is 12.7 Å². The second kappa shape index (κ2) is 8.91. The lowest BCUT2D eigenvalue weighted by Gasteiger charge is -2.15. The van der Waals surface area contributed by atoms with Gasteiger partial charge < -0.3 is 15.5 Å². The quantitative estimate of drug-likeness (QED) is 0.300. The monoisotopic (exact) mass is 510 g/mol. The summed E-state index contributed by atoms with van der Waals surface area (Å²) in [7, 11) is 0. The van der Waals surface area contributed by atoms with Crippen LogP contribution in [-0.4, -0.2) is 32.4 Å². The Kier molecular flexibility index (Phi) is 5.52. The van der Waals surface area contributed by atoms with Crippen LogP contribution in [0.2, 0.25) is 0 Å². The second-order valence-corrected chi connectivity index (χ2v) is 9.58. The van der Waals surface area contributed by atoms with Gasteiger partial charge in [0.05, 0.1) is 5.56 Å². The number of nitrogens with zero attached hydrogens (tertiary/aromatic N) is 3. The average molecular weight is 511 g/mol. The van der Waals surface area contributed by atoms with Crippen molar-refractivity contribution in [3.63, 3.8) is 0 Å². The summed E-state index contributed by atoms with van der Waals surface area (Å²) >= 11 is 0. The first-order chi connectivity index (χ1) is 18.3. The Morgan fingerprint density at radius 2 is 1.89 bits per heavy atom. The zero-order chi connectivity index (χ0) is 26.4. The normalized spacial score (nSPS) is 13.9. The summed E-state index contributed by atoms with van der Waals surface area (Å²) in [5.41, 5.74) is 9.84. The van der Waals surface area contributed by atoms with Crippen molar-refractivity contribution < 1.29 is 18.4 Å². The van der Waals surface area contributed by atoms with E-state index >= 15 is 0 Å². The van der Waals surface area contributed by atoms with Crippen LogP contribution in [0.15, 0.2) is 65.1 Å². The van der Waals surface area contributed by atoms with E-state index in [1.165, 1.54) is 12.1 Å². The molecule has 2 heterocycles. The molecule has 9 nitrogen and oxygen atoms in total. The van der Waals surface area contributed by atoms with Crippen LogP contribution in [0.25, 0.3) is 22.1 Å². The molecule has 4 N–H and O–H groups in total. The van der Waals surface area contributed by atoms with Gasteiger partial charge in [0.15, 0.2) is 5.82 Å². The number of H-pyrrole nitrogens is 1. The van der Waals surface area contributed by atoms with Crippen LogP contribution in [0.3, 0.4) is 0 Å².